The van der Waals surface area contributed by atoms with E-state index >= 15 is 0 Å². The summed E-state index contributed by atoms with van der Waals surface area (Å²) in [6, 6.07) is 3.18. The highest BCUT2D eigenvalue weighted by molar-refractivity contribution is 5.82. The van der Waals surface area contributed by atoms with Crippen LogP contribution in [-0.2, 0) is 0 Å². The fourth-order valence-corrected chi connectivity index (χ4v) is 1.63. The number of fused-ring (bicyclic) bond motifs is 1. The topological polar surface area (TPSA) is 71.6 Å². The number of anilines is 2. The molecule has 0 amide bonds. The standard InChI is InChI=1S/C10H6F2N4/c11-7-5(3-13)9-10(16-2-1-15-9)6(4-14)8(7)12/h15-16H,1-2H2. The first-order valence-corrected chi connectivity index (χ1v) is 4.53. The van der Waals surface area contributed by atoms with E-state index in [1.54, 1.807) is 12.1 Å². The molecule has 1 aromatic carbocycles. The van der Waals surface area contributed by atoms with Crippen LogP contribution >= 0.6 is 0 Å². The molecule has 0 atom stereocenters. The predicted octanol–water partition coefficient (Wildman–Crippen LogP) is 1.55. The molecule has 1 aromatic rings. The highest BCUT2D eigenvalue weighted by Crippen LogP contribution is 2.35. The van der Waals surface area contributed by atoms with Gasteiger partial charge in [-0.05, 0) is 0 Å². The summed E-state index contributed by atoms with van der Waals surface area (Å²) in [5.74, 6) is -2.57. The number of hydrogen-bond acceptors (Lipinski definition) is 4. The molecule has 2 N–H and O–H groups in total. The van der Waals surface area contributed by atoms with Gasteiger partial charge in [-0.2, -0.15) is 10.5 Å². The monoisotopic (exact) mass is 220 g/mol. The molecule has 1 heterocycles. The summed E-state index contributed by atoms with van der Waals surface area (Å²) in [5, 5.41) is 23.1. The zero-order chi connectivity index (χ0) is 11.7. The number of nitriles is 2. The second-order valence-corrected chi connectivity index (χ2v) is 3.21. The van der Waals surface area contributed by atoms with Crippen molar-refractivity contribution in [1.29, 1.82) is 10.5 Å². The molecule has 2 rings (SSSR count). The van der Waals surface area contributed by atoms with Crippen LogP contribution in [-0.4, -0.2) is 13.1 Å². The second kappa shape index (κ2) is 3.67. The van der Waals surface area contributed by atoms with Crippen LogP contribution in [0.2, 0.25) is 0 Å². The molecule has 0 aromatic heterocycles. The van der Waals surface area contributed by atoms with Crippen molar-refractivity contribution in [3.05, 3.63) is 22.8 Å². The lowest BCUT2D eigenvalue weighted by Crippen LogP contribution is -2.23. The molecule has 80 valence electrons. The van der Waals surface area contributed by atoms with Crippen molar-refractivity contribution in [3.8, 4) is 12.1 Å². The Bertz CT molecular complexity index is 490. The van der Waals surface area contributed by atoms with E-state index in [0.29, 0.717) is 13.1 Å². The largest absolute Gasteiger partial charge is 0.380 e. The van der Waals surface area contributed by atoms with Gasteiger partial charge in [-0.3, -0.25) is 0 Å². The Kier molecular flexibility index (Phi) is 2.34. The predicted molar refractivity (Wildman–Crippen MR) is 52.8 cm³/mol. The Labute approximate surface area is 90.1 Å². The third-order valence-electron chi connectivity index (χ3n) is 2.33. The average molecular weight is 220 g/mol. The van der Waals surface area contributed by atoms with E-state index in [-0.39, 0.29) is 11.4 Å². The van der Waals surface area contributed by atoms with Gasteiger partial charge >= 0.3 is 0 Å². The lowest BCUT2D eigenvalue weighted by Gasteiger charge is -2.22. The first kappa shape index (κ1) is 10.2. The zero-order valence-electron chi connectivity index (χ0n) is 8.06. The molecular weight excluding hydrogens is 214 g/mol. The third-order valence-corrected chi connectivity index (χ3v) is 2.33. The van der Waals surface area contributed by atoms with Crippen LogP contribution in [0.25, 0.3) is 0 Å². The molecule has 0 fully saturated rings. The van der Waals surface area contributed by atoms with Crippen LogP contribution in [0.3, 0.4) is 0 Å². The summed E-state index contributed by atoms with van der Waals surface area (Å²) in [6.45, 7) is 0.968. The Hall–Kier alpha value is -2.34. The minimum absolute atomic E-state index is 0.157. The number of benzene rings is 1. The maximum absolute atomic E-state index is 13.4. The number of hydrogen-bond donors (Lipinski definition) is 2. The highest BCUT2D eigenvalue weighted by atomic mass is 19.2. The normalized spacial score (nSPS) is 12.8. The molecule has 1 aliphatic rings. The number of rotatable bonds is 0. The van der Waals surface area contributed by atoms with Crippen LogP contribution in [0.5, 0.6) is 0 Å². The Morgan fingerprint density at radius 1 is 0.875 bits per heavy atom. The Morgan fingerprint density at radius 2 is 1.25 bits per heavy atom. The van der Waals surface area contributed by atoms with Crippen LogP contribution in [0.15, 0.2) is 0 Å². The van der Waals surface area contributed by atoms with E-state index in [2.05, 4.69) is 10.6 Å². The molecule has 0 spiro atoms. The maximum atomic E-state index is 13.4. The van der Waals surface area contributed by atoms with Crippen molar-refractivity contribution < 1.29 is 8.78 Å². The van der Waals surface area contributed by atoms with Gasteiger partial charge in [0.25, 0.3) is 0 Å². The van der Waals surface area contributed by atoms with Crippen LogP contribution < -0.4 is 10.6 Å². The van der Waals surface area contributed by atoms with Gasteiger partial charge in [0.15, 0.2) is 11.6 Å². The fourth-order valence-electron chi connectivity index (χ4n) is 1.63. The highest BCUT2D eigenvalue weighted by Gasteiger charge is 2.26. The quantitative estimate of drug-likeness (QED) is 0.695. The van der Waals surface area contributed by atoms with Crippen molar-refractivity contribution in [1.82, 2.24) is 0 Å². The summed E-state index contributed by atoms with van der Waals surface area (Å²) in [5.41, 5.74) is -0.495. The fraction of sp³-hybridized carbons (Fsp3) is 0.200. The molecule has 0 unspecified atom stereocenters. The van der Waals surface area contributed by atoms with Crippen LogP contribution in [0.4, 0.5) is 20.2 Å². The Balaban J connectivity index is 2.83. The molecule has 0 radical (unpaired) electrons. The molecule has 0 saturated heterocycles. The Morgan fingerprint density at radius 3 is 1.56 bits per heavy atom. The van der Waals surface area contributed by atoms with Crippen molar-refractivity contribution in [2.75, 3.05) is 23.7 Å². The molecule has 16 heavy (non-hydrogen) atoms. The lowest BCUT2D eigenvalue weighted by molar-refractivity contribution is 0.504. The number of halogens is 2. The number of nitrogens with zero attached hydrogens (tertiary/aromatic N) is 2. The van der Waals surface area contributed by atoms with Crippen molar-refractivity contribution in [2.24, 2.45) is 0 Å². The maximum Gasteiger partial charge on any atom is 0.180 e. The minimum Gasteiger partial charge on any atom is -0.380 e. The summed E-state index contributed by atoms with van der Waals surface area (Å²) in [7, 11) is 0. The van der Waals surface area contributed by atoms with Crippen molar-refractivity contribution >= 4 is 11.4 Å². The van der Waals surface area contributed by atoms with E-state index in [9.17, 15) is 8.78 Å². The van der Waals surface area contributed by atoms with Gasteiger partial charge in [-0.15, -0.1) is 0 Å². The van der Waals surface area contributed by atoms with E-state index in [4.69, 9.17) is 10.5 Å². The molecule has 6 heteroatoms. The first-order valence-electron chi connectivity index (χ1n) is 4.53. The minimum atomic E-state index is -1.28. The summed E-state index contributed by atoms with van der Waals surface area (Å²) >= 11 is 0. The molecule has 0 aliphatic carbocycles. The van der Waals surface area contributed by atoms with Gasteiger partial charge in [0.05, 0.1) is 11.4 Å². The van der Waals surface area contributed by atoms with Gasteiger partial charge in [0.2, 0.25) is 0 Å². The SMILES string of the molecule is N#Cc1c(F)c(F)c(C#N)c2c1NCCN2. The van der Waals surface area contributed by atoms with Gasteiger partial charge in [0.1, 0.15) is 23.3 Å². The first-order chi connectivity index (χ1) is 7.70. The summed E-state index contributed by atoms with van der Waals surface area (Å²) < 4.78 is 26.8. The third kappa shape index (κ3) is 1.24. The average Bonchev–Trinajstić information content (AvgIpc) is 2.31. The molecule has 4 nitrogen and oxygen atoms in total. The second-order valence-electron chi connectivity index (χ2n) is 3.21. The molecule has 0 bridgehead atoms. The van der Waals surface area contributed by atoms with Crippen LogP contribution in [0, 0.1) is 34.3 Å². The molecule has 1 aliphatic heterocycles. The molecule has 0 saturated carbocycles. The number of nitrogens with one attached hydrogen (secondary N) is 2. The van der Waals surface area contributed by atoms with Gasteiger partial charge in [-0.25, -0.2) is 8.78 Å². The van der Waals surface area contributed by atoms with Gasteiger partial charge in [-0.1, -0.05) is 0 Å². The summed E-state index contributed by atoms with van der Waals surface area (Å²) in [6.07, 6.45) is 0. The van der Waals surface area contributed by atoms with Gasteiger partial charge in [0, 0.05) is 13.1 Å². The smallest absolute Gasteiger partial charge is 0.180 e. The zero-order valence-corrected chi connectivity index (χ0v) is 8.06. The van der Waals surface area contributed by atoms with Crippen molar-refractivity contribution in [2.45, 2.75) is 0 Å². The van der Waals surface area contributed by atoms with E-state index < -0.39 is 22.8 Å². The lowest BCUT2D eigenvalue weighted by atomic mass is 10.0. The van der Waals surface area contributed by atoms with Crippen LogP contribution in [0.1, 0.15) is 11.1 Å². The van der Waals surface area contributed by atoms with Gasteiger partial charge < -0.3 is 10.6 Å². The van der Waals surface area contributed by atoms with E-state index in [1.807, 2.05) is 0 Å². The summed E-state index contributed by atoms with van der Waals surface area (Å²) in [4.78, 5) is 0. The molecular formula is C10H6F2N4. The van der Waals surface area contributed by atoms with Crippen molar-refractivity contribution in [3.63, 3.8) is 0 Å². The van der Waals surface area contributed by atoms with E-state index in [0.717, 1.165) is 0 Å². The van der Waals surface area contributed by atoms with E-state index in [1.165, 1.54) is 0 Å².